The molecule has 0 bridgehead atoms. The van der Waals surface area contributed by atoms with Crippen LogP contribution in [-0.4, -0.2) is 19.1 Å². The fourth-order valence-corrected chi connectivity index (χ4v) is 9.11. The predicted molar refractivity (Wildman–Crippen MR) is 250 cm³/mol. The molecule has 0 aliphatic carbocycles. The highest BCUT2D eigenvalue weighted by Crippen LogP contribution is 2.41. The van der Waals surface area contributed by atoms with Crippen LogP contribution in [0.5, 0.6) is 0 Å². The molecule has 60 heavy (non-hydrogen) atoms. The van der Waals surface area contributed by atoms with E-state index in [9.17, 15) is 0 Å². The lowest BCUT2D eigenvalue weighted by Crippen LogP contribution is -2.00. The van der Waals surface area contributed by atoms with Crippen molar-refractivity contribution in [3.8, 4) is 56.4 Å². The standard InChI is InChI=1S/C56H36N4/c1-4-16-37(17-5-1)38-28-30-40(31-29-38)51-35-50(39-18-6-2-7-19-39)57-56(58-51)49-33-43(32-41-20-10-11-23-44(41)49)60-53-27-15-13-25-46(53)48-34-47-45-24-12-14-26-52(45)59(54(47)36-55(48)60)42-21-8-3-9-22-42/h1-36H. The summed E-state index contributed by atoms with van der Waals surface area (Å²) in [6.45, 7) is 0. The van der Waals surface area contributed by atoms with Crippen LogP contribution in [0.15, 0.2) is 218 Å². The molecular weight excluding hydrogens is 729 g/mol. The molecular formula is C56H36N4. The molecule has 0 atom stereocenters. The Bertz CT molecular complexity index is 3570. The molecule has 0 aliphatic heterocycles. The summed E-state index contributed by atoms with van der Waals surface area (Å²) in [4.78, 5) is 10.7. The van der Waals surface area contributed by atoms with E-state index in [2.05, 4.69) is 221 Å². The van der Waals surface area contributed by atoms with Crippen LogP contribution in [0.4, 0.5) is 0 Å². The Labute approximate surface area is 346 Å². The first-order valence-electron chi connectivity index (χ1n) is 20.4. The van der Waals surface area contributed by atoms with Gasteiger partial charge < -0.3 is 9.13 Å². The summed E-state index contributed by atoms with van der Waals surface area (Å²) in [6, 6.07) is 77.9. The number of nitrogens with zero attached hydrogens (tertiary/aromatic N) is 4. The second-order valence-electron chi connectivity index (χ2n) is 15.4. The number of hydrogen-bond donors (Lipinski definition) is 0. The van der Waals surface area contributed by atoms with Crippen molar-refractivity contribution in [3.63, 3.8) is 0 Å². The fraction of sp³-hybridized carbons (Fsp3) is 0. The topological polar surface area (TPSA) is 35.6 Å². The highest BCUT2D eigenvalue weighted by molar-refractivity contribution is 6.19. The van der Waals surface area contributed by atoms with Gasteiger partial charge in [-0.1, -0.05) is 164 Å². The maximum Gasteiger partial charge on any atom is 0.161 e. The van der Waals surface area contributed by atoms with Crippen molar-refractivity contribution < 1.29 is 0 Å². The lowest BCUT2D eigenvalue weighted by atomic mass is 10.00. The second kappa shape index (κ2) is 13.8. The van der Waals surface area contributed by atoms with Gasteiger partial charge in [-0.3, -0.25) is 0 Å². The van der Waals surface area contributed by atoms with Crippen LogP contribution >= 0.6 is 0 Å². The molecule has 0 N–H and O–H groups in total. The largest absolute Gasteiger partial charge is 0.309 e. The lowest BCUT2D eigenvalue weighted by Gasteiger charge is -2.15. The Morgan fingerprint density at radius 1 is 0.283 bits per heavy atom. The van der Waals surface area contributed by atoms with E-state index in [1.165, 1.54) is 43.7 Å². The number of benzene rings is 9. The summed E-state index contributed by atoms with van der Waals surface area (Å²) < 4.78 is 4.83. The van der Waals surface area contributed by atoms with E-state index in [1.807, 2.05) is 6.07 Å². The monoisotopic (exact) mass is 764 g/mol. The highest BCUT2D eigenvalue weighted by Gasteiger charge is 2.20. The molecule has 0 aliphatic rings. The molecule has 0 saturated heterocycles. The predicted octanol–water partition coefficient (Wildman–Crippen LogP) is 14.5. The Kier molecular flexibility index (Phi) is 7.82. The smallest absolute Gasteiger partial charge is 0.161 e. The molecule has 12 aromatic rings. The van der Waals surface area contributed by atoms with Crippen LogP contribution in [0, 0.1) is 0 Å². The van der Waals surface area contributed by atoms with Gasteiger partial charge >= 0.3 is 0 Å². The van der Waals surface area contributed by atoms with Crippen molar-refractivity contribution >= 4 is 54.4 Å². The molecule has 0 spiro atoms. The van der Waals surface area contributed by atoms with Crippen molar-refractivity contribution in [1.82, 2.24) is 19.1 Å². The number of aromatic nitrogens is 4. The van der Waals surface area contributed by atoms with Crippen molar-refractivity contribution in [3.05, 3.63) is 218 Å². The summed E-state index contributed by atoms with van der Waals surface area (Å²) in [6.07, 6.45) is 0. The van der Waals surface area contributed by atoms with Gasteiger partial charge in [0.2, 0.25) is 0 Å². The molecule has 280 valence electrons. The van der Waals surface area contributed by atoms with Crippen molar-refractivity contribution in [2.24, 2.45) is 0 Å². The van der Waals surface area contributed by atoms with Gasteiger partial charge in [0, 0.05) is 49.6 Å². The minimum absolute atomic E-state index is 0.684. The van der Waals surface area contributed by atoms with Gasteiger partial charge in [-0.05, 0) is 76.5 Å². The Balaban J connectivity index is 1.11. The lowest BCUT2D eigenvalue weighted by molar-refractivity contribution is 1.16. The first-order chi connectivity index (χ1) is 29.7. The molecule has 9 aromatic carbocycles. The summed E-state index contributed by atoms with van der Waals surface area (Å²) in [5.41, 5.74) is 14.0. The minimum Gasteiger partial charge on any atom is -0.309 e. The molecule has 0 saturated carbocycles. The third-order valence-corrected chi connectivity index (χ3v) is 11.9. The fourth-order valence-electron chi connectivity index (χ4n) is 9.11. The summed E-state index contributed by atoms with van der Waals surface area (Å²) in [7, 11) is 0. The van der Waals surface area contributed by atoms with Crippen LogP contribution in [0.2, 0.25) is 0 Å². The van der Waals surface area contributed by atoms with Gasteiger partial charge in [0.25, 0.3) is 0 Å². The van der Waals surface area contributed by atoms with E-state index >= 15 is 0 Å². The highest BCUT2D eigenvalue weighted by atomic mass is 15.0. The summed E-state index contributed by atoms with van der Waals surface area (Å²) >= 11 is 0. The second-order valence-corrected chi connectivity index (χ2v) is 15.4. The van der Waals surface area contributed by atoms with Crippen LogP contribution in [0.25, 0.3) is 111 Å². The molecule has 0 unspecified atom stereocenters. The summed E-state index contributed by atoms with van der Waals surface area (Å²) in [5, 5.41) is 7.13. The van der Waals surface area contributed by atoms with E-state index in [0.717, 1.165) is 61.3 Å². The van der Waals surface area contributed by atoms with Crippen molar-refractivity contribution in [2.75, 3.05) is 0 Å². The molecule has 0 fully saturated rings. The number of rotatable bonds is 6. The van der Waals surface area contributed by atoms with Crippen LogP contribution in [0.3, 0.4) is 0 Å². The normalized spacial score (nSPS) is 11.7. The van der Waals surface area contributed by atoms with Crippen molar-refractivity contribution in [1.29, 1.82) is 0 Å². The van der Waals surface area contributed by atoms with Gasteiger partial charge in [-0.25, -0.2) is 9.97 Å². The number of hydrogen-bond acceptors (Lipinski definition) is 2. The van der Waals surface area contributed by atoms with Gasteiger partial charge in [0.15, 0.2) is 5.82 Å². The van der Waals surface area contributed by atoms with Gasteiger partial charge in [-0.2, -0.15) is 0 Å². The van der Waals surface area contributed by atoms with E-state index in [-0.39, 0.29) is 0 Å². The molecule has 0 amide bonds. The Morgan fingerprint density at radius 2 is 0.750 bits per heavy atom. The molecule has 3 heterocycles. The maximum atomic E-state index is 5.39. The van der Waals surface area contributed by atoms with Crippen LogP contribution in [-0.2, 0) is 0 Å². The maximum absolute atomic E-state index is 5.39. The number of para-hydroxylation sites is 3. The molecule has 4 heteroatoms. The molecule has 4 nitrogen and oxygen atoms in total. The quantitative estimate of drug-likeness (QED) is 0.169. The van der Waals surface area contributed by atoms with E-state index in [4.69, 9.17) is 9.97 Å². The van der Waals surface area contributed by atoms with Gasteiger partial charge in [0.1, 0.15) is 0 Å². The Morgan fingerprint density at radius 3 is 1.38 bits per heavy atom. The Hall–Kier alpha value is -8.08. The van der Waals surface area contributed by atoms with Crippen LogP contribution in [0.1, 0.15) is 0 Å². The van der Waals surface area contributed by atoms with Crippen molar-refractivity contribution in [2.45, 2.75) is 0 Å². The third kappa shape index (κ3) is 5.53. The minimum atomic E-state index is 0.684. The van der Waals surface area contributed by atoms with E-state index < -0.39 is 0 Å². The van der Waals surface area contributed by atoms with E-state index in [0.29, 0.717) is 5.82 Å². The number of fused-ring (bicyclic) bond motifs is 7. The first kappa shape index (κ1) is 34.0. The zero-order valence-electron chi connectivity index (χ0n) is 32.6. The zero-order valence-corrected chi connectivity index (χ0v) is 32.6. The molecule has 12 rings (SSSR count). The first-order valence-corrected chi connectivity index (χ1v) is 20.4. The SMILES string of the molecule is c1ccc(-c2ccc(-c3cc(-c4ccccc4)nc(-c4cc(-n5c6ccccc6c6cc7c8ccccc8n(-c8ccccc8)c7cc65)cc5ccccc45)n3)cc2)cc1. The zero-order chi connectivity index (χ0) is 39.6. The van der Waals surface area contributed by atoms with Gasteiger partial charge in [-0.15, -0.1) is 0 Å². The summed E-state index contributed by atoms with van der Waals surface area (Å²) in [5.74, 6) is 0.684. The third-order valence-electron chi connectivity index (χ3n) is 11.9. The van der Waals surface area contributed by atoms with E-state index in [1.54, 1.807) is 0 Å². The molecule has 3 aromatic heterocycles. The average molecular weight is 765 g/mol. The van der Waals surface area contributed by atoms with Gasteiger partial charge in [0.05, 0.1) is 33.5 Å². The average Bonchev–Trinajstić information content (AvgIpc) is 3.83. The molecule has 0 radical (unpaired) electrons. The van der Waals surface area contributed by atoms with Crippen LogP contribution < -0.4 is 0 Å².